The summed E-state index contributed by atoms with van der Waals surface area (Å²) in [5.41, 5.74) is 0.776. The molecule has 15 heavy (non-hydrogen) atoms. The zero-order chi connectivity index (χ0) is 10.1. The quantitative estimate of drug-likeness (QED) is 0.784. The van der Waals surface area contributed by atoms with E-state index in [1.807, 2.05) is 0 Å². The molecule has 0 saturated carbocycles. The van der Waals surface area contributed by atoms with Crippen LogP contribution in [0, 0.1) is 0 Å². The molecule has 0 fully saturated rings. The number of aromatic carboxylic acids is 1. The molecule has 0 aliphatic rings. The molecule has 0 amide bonds. The third-order valence-corrected chi connectivity index (χ3v) is 2.11. The van der Waals surface area contributed by atoms with Gasteiger partial charge in [0.25, 0.3) is 0 Å². The Morgan fingerprint density at radius 3 is 2.67 bits per heavy atom. The van der Waals surface area contributed by atoms with E-state index in [1.165, 1.54) is 6.07 Å². The summed E-state index contributed by atoms with van der Waals surface area (Å²) in [7, 11) is 0. The van der Waals surface area contributed by atoms with Gasteiger partial charge in [-0.15, -0.1) is 12.4 Å². The molecule has 0 bridgehead atoms. The second-order valence-electron chi connectivity index (χ2n) is 2.81. The maximum Gasteiger partial charge on any atom is 0.336 e. The van der Waals surface area contributed by atoms with Crippen LogP contribution in [0.2, 0.25) is 5.15 Å². The summed E-state index contributed by atoms with van der Waals surface area (Å²) in [5.74, 6) is -0.995. The monoisotopic (exact) mass is 243 g/mol. The first-order valence-electron chi connectivity index (χ1n) is 3.97. The molecule has 5 heteroatoms. The largest absolute Gasteiger partial charge is 0.478 e. The number of hydrogen-bond acceptors (Lipinski definition) is 2. The Bertz CT molecular complexity index is 514. The SMILES string of the molecule is Cl.O=C(O)c1cc(Cl)nc2ccccc12. The number of carboxylic acids is 1. The minimum absolute atomic E-state index is 0. The molecular formula is C10H7Cl2NO2. The molecule has 0 unspecified atom stereocenters. The van der Waals surface area contributed by atoms with Crippen molar-refractivity contribution in [2.24, 2.45) is 0 Å². The number of benzene rings is 1. The standard InChI is InChI=1S/C10H6ClNO2.ClH/c11-9-5-7(10(13)14)6-3-1-2-4-8(6)12-9;/h1-5H,(H,13,14);1H. The van der Waals surface area contributed by atoms with Crippen LogP contribution in [0.3, 0.4) is 0 Å². The molecule has 0 aliphatic carbocycles. The number of carbonyl (C=O) groups is 1. The van der Waals surface area contributed by atoms with Crippen LogP contribution in [0.4, 0.5) is 0 Å². The molecule has 3 nitrogen and oxygen atoms in total. The van der Waals surface area contributed by atoms with Crippen molar-refractivity contribution in [3.8, 4) is 0 Å². The predicted molar refractivity (Wildman–Crippen MR) is 61.0 cm³/mol. The van der Waals surface area contributed by atoms with E-state index in [2.05, 4.69) is 4.98 Å². The summed E-state index contributed by atoms with van der Waals surface area (Å²) in [6, 6.07) is 8.35. The molecule has 78 valence electrons. The van der Waals surface area contributed by atoms with Gasteiger partial charge in [-0.2, -0.15) is 0 Å². The summed E-state index contributed by atoms with van der Waals surface area (Å²) >= 11 is 5.69. The van der Waals surface area contributed by atoms with Gasteiger partial charge < -0.3 is 5.11 Å². The highest BCUT2D eigenvalue weighted by Gasteiger charge is 2.09. The van der Waals surface area contributed by atoms with Gasteiger partial charge in [0.1, 0.15) is 5.15 Å². The third kappa shape index (κ3) is 2.19. The van der Waals surface area contributed by atoms with E-state index in [0.717, 1.165) is 0 Å². The lowest BCUT2D eigenvalue weighted by Crippen LogP contribution is -1.98. The van der Waals surface area contributed by atoms with Crippen LogP contribution in [0.15, 0.2) is 30.3 Å². The molecule has 0 radical (unpaired) electrons. The molecule has 0 atom stereocenters. The van der Waals surface area contributed by atoms with Gasteiger partial charge in [-0.1, -0.05) is 29.8 Å². The summed E-state index contributed by atoms with van der Waals surface area (Å²) in [6.07, 6.45) is 0. The molecule has 0 spiro atoms. The number of pyridine rings is 1. The number of rotatable bonds is 1. The first kappa shape index (κ1) is 11.8. The minimum Gasteiger partial charge on any atom is -0.478 e. The van der Waals surface area contributed by atoms with Crippen molar-refractivity contribution in [1.29, 1.82) is 0 Å². The molecule has 0 saturated heterocycles. The predicted octanol–water partition coefficient (Wildman–Crippen LogP) is 3.01. The van der Waals surface area contributed by atoms with Crippen LogP contribution in [0.1, 0.15) is 10.4 Å². The summed E-state index contributed by atoms with van der Waals surface area (Å²) in [5, 5.41) is 9.72. The van der Waals surface area contributed by atoms with Gasteiger partial charge in [0.2, 0.25) is 0 Å². The topological polar surface area (TPSA) is 50.2 Å². The van der Waals surface area contributed by atoms with Crippen LogP contribution < -0.4 is 0 Å². The number of nitrogens with zero attached hydrogens (tertiary/aromatic N) is 1. The molecule has 0 aliphatic heterocycles. The van der Waals surface area contributed by atoms with E-state index in [-0.39, 0.29) is 23.1 Å². The minimum atomic E-state index is -0.995. The van der Waals surface area contributed by atoms with Crippen molar-refractivity contribution in [3.05, 3.63) is 41.0 Å². The maximum absolute atomic E-state index is 10.9. The Labute approximate surface area is 97.1 Å². The summed E-state index contributed by atoms with van der Waals surface area (Å²) in [6.45, 7) is 0. The fraction of sp³-hybridized carbons (Fsp3) is 0. The van der Waals surface area contributed by atoms with Gasteiger partial charge in [0.15, 0.2) is 0 Å². The second kappa shape index (κ2) is 4.47. The van der Waals surface area contributed by atoms with E-state index >= 15 is 0 Å². The van der Waals surface area contributed by atoms with Gasteiger partial charge in [-0.3, -0.25) is 0 Å². The van der Waals surface area contributed by atoms with E-state index in [1.54, 1.807) is 24.3 Å². The van der Waals surface area contributed by atoms with Crippen LogP contribution in [-0.4, -0.2) is 16.1 Å². The van der Waals surface area contributed by atoms with Gasteiger partial charge in [-0.05, 0) is 12.1 Å². The smallest absolute Gasteiger partial charge is 0.336 e. The van der Waals surface area contributed by atoms with Gasteiger partial charge >= 0.3 is 5.97 Å². The number of carboxylic acid groups (broad SMARTS) is 1. The molecular weight excluding hydrogens is 237 g/mol. The van der Waals surface area contributed by atoms with Crippen molar-refractivity contribution in [2.45, 2.75) is 0 Å². The van der Waals surface area contributed by atoms with Crippen molar-refractivity contribution in [3.63, 3.8) is 0 Å². The molecule has 2 aromatic rings. The highest BCUT2D eigenvalue weighted by Crippen LogP contribution is 2.20. The third-order valence-electron chi connectivity index (χ3n) is 1.92. The Morgan fingerprint density at radius 2 is 2.00 bits per heavy atom. The Kier molecular flexibility index (Phi) is 3.50. The average Bonchev–Trinajstić information content (AvgIpc) is 2.16. The van der Waals surface area contributed by atoms with E-state index in [4.69, 9.17) is 16.7 Å². The number of fused-ring (bicyclic) bond motifs is 1. The van der Waals surface area contributed by atoms with Crippen LogP contribution >= 0.6 is 24.0 Å². The van der Waals surface area contributed by atoms with Gasteiger partial charge in [0.05, 0.1) is 11.1 Å². The maximum atomic E-state index is 10.9. The zero-order valence-corrected chi connectivity index (χ0v) is 9.05. The molecule has 1 aromatic heterocycles. The van der Waals surface area contributed by atoms with Crippen molar-refractivity contribution in [1.82, 2.24) is 4.98 Å². The highest BCUT2D eigenvalue weighted by atomic mass is 35.5. The number of hydrogen-bond donors (Lipinski definition) is 1. The summed E-state index contributed by atoms with van der Waals surface area (Å²) in [4.78, 5) is 14.9. The lowest BCUT2D eigenvalue weighted by molar-refractivity contribution is 0.0699. The number of para-hydroxylation sites is 1. The Balaban J connectivity index is 0.00000112. The van der Waals surface area contributed by atoms with E-state index in [9.17, 15) is 4.79 Å². The number of aromatic nitrogens is 1. The fourth-order valence-corrected chi connectivity index (χ4v) is 1.52. The first-order valence-corrected chi connectivity index (χ1v) is 4.35. The summed E-state index contributed by atoms with van der Waals surface area (Å²) < 4.78 is 0. The lowest BCUT2D eigenvalue weighted by atomic mass is 10.1. The normalized spacial score (nSPS) is 9.67. The number of halogens is 2. The lowest BCUT2D eigenvalue weighted by Gasteiger charge is -2.01. The molecule has 1 aromatic carbocycles. The van der Waals surface area contributed by atoms with Crippen molar-refractivity contribution in [2.75, 3.05) is 0 Å². The van der Waals surface area contributed by atoms with Gasteiger partial charge in [-0.25, -0.2) is 9.78 Å². The van der Waals surface area contributed by atoms with E-state index < -0.39 is 5.97 Å². The fourth-order valence-electron chi connectivity index (χ4n) is 1.32. The first-order chi connectivity index (χ1) is 6.68. The second-order valence-corrected chi connectivity index (χ2v) is 3.20. The Morgan fingerprint density at radius 1 is 1.33 bits per heavy atom. The van der Waals surface area contributed by atoms with Crippen LogP contribution in [0.25, 0.3) is 10.9 Å². The molecule has 2 rings (SSSR count). The van der Waals surface area contributed by atoms with Crippen LogP contribution in [-0.2, 0) is 0 Å². The van der Waals surface area contributed by atoms with Crippen molar-refractivity contribution >= 4 is 40.9 Å². The molecule has 1 N–H and O–H groups in total. The molecule has 1 heterocycles. The Hall–Kier alpha value is -1.32. The van der Waals surface area contributed by atoms with E-state index in [0.29, 0.717) is 10.9 Å². The van der Waals surface area contributed by atoms with Crippen molar-refractivity contribution < 1.29 is 9.90 Å². The highest BCUT2D eigenvalue weighted by molar-refractivity contribution is 6.30. The average molecular weight is 244 g/mol. The van der Waals surface area contributed by atoms with Gasteiger partial charge in [0, 0.05) is 5.39 Å². The van der Waals surface area contributed by atoms with Crippen LogP contribution in [0.5, 0.6) is 0 Å². The zero-order valence-electron chi connectivity index (χ0n) is 7.48.